The van der Waals surface area contributed by atoms with Crippen LogP contribution in [0.15, 0.2) is 48.5 Å². The van der Waals surface area contributed by atoms with Crippen LogP contribution in [0.3, 0.4) is 0 Å². The molecule has 9 nitrogen and oxygen atoms in total. The monoisotopic (exact) mass is 571 g/mol. The first kappa shape index (κ1) is 33.0. The molecule has 0 unspecified atom stereocenters. The van der Waals surface area contributed by atoms with Gasteiger partial charge in [0.1, 0.15) is 18.8 Å². The minimum atomic E-state index is -4.48. The second kappa shape index (κ2) is 16.8. The van der Waals surface area contributed by atoms with E-state index < -0.39 is 29.3 Å². The minimum absolute atomic E-state index is 0.0108. The van der Waals surface area contributed by atoms with Crippen molar-refractivity contribution in [2.24, 2.45) is 0 Å². The van der Waals surface area contributed by atoms with E-state index in [4.69, 9.17) is 28.4 Å². The summed E-state index contributed by atoms with van der Waals surface area (Å²) in [5.74, 6) is -1.07. The van der Waals surface area contributed by atoms with Gasteiger partial charge in [-0.2, -0.15) is 13.2 Å². The van der Waals surface area contributed by atoms with Crippen molar-refractivity contribution in [1.82, 2.24) is 0 Å². The molecule has 0 fully saturated rings. The molecule has 222 valence electrons. The molecule has 0 saturated carbocycles. The van der Waals surface area contributed by atoms with Gasteiger partial charge in [0.05, 0.1) is 63.1 Å². The Labute approximate surface area is 231 Å². The number of nitrogens with one attached hydrogen (secondary N) is 1. The number of esters is 2. The Morgan fingerprint density at radius 2 is 1.32 bits per heavy atom. The first-order valence-corrected chi connectivity index (χ1v) is 12.7. The van der Waals surface area contributed by atoms with E-state index in [1.807, 2.05) is 0 Å². The van der Waals surface area contributed by atoms with Gasteiger partial charge in [-0.1, -0.05) is 18.2 Å². The third kappa shape index (κ3) is 13.7. The van der Waals surface area contributed by atoms with E-state index in [0.717, 1.165) is 12.1 Å². The van der Waals surface area contributed by atoms with Crippen LogP contribution in [0, 0.1) is 0 Å². The van der Waals surface area contributed by atoms with Gasteiger partial charge >= 0.3 is 18.1 Å². The SMILES string of the molecule is CC(C)(C)OC(=O)COCCOCCOCCOCCOC(=O)c1ccccc1Nc1cccc(C(F)(F)F)c1. The first-order chi connectivity index (χ1) is 19.0. The lowest BCUT2D eigenvalue weighted by molar-refractivity contribution is -0.160. The normalized spacial score (nSPS) is 11.8. The third-order valence-electron chi connectivity index (χ3n) is 4.83. The summed E-state index contributed by atoms with van der Waals surface area (Å²) in [5.41, 5.74) is -0.660. The Bertz CT molecular complexity index is 1060. The lowest BCUT2D eigenvalue weighted by atomic mass is 10.1. The fraction of sp³-hybridized carbons (Fsp3) is 0.500. The van der Waals surface area contributed by atoms with Gasteiger partial charge in [-0.15, -0.1) is 0 Å². The molecule has 40 heavy (non-hydrogen) atoms. The van der Waals surface area contributed by atoms with Crippen LogP contribution in [0.1, 0.15) is 36.7 Å². The highest BCUT2D eigenvalue weighted by atomic mass is 19.4. The highest BCUT2D eigenvalue weighted by molar-refractivity contribution is 5.96. The van der Waals surface area contributed by atoms with Crippen molar-refractivity contribution in [3.63, 3.8) is 0 Å². The van der Waals surface area contributed by atoms with Crippen LogP contribution in [0.5, 0.6) is 0 Å². The number of carbonyl (C=O) groups excluding carboxylic acids is 2. The molecule has 2 aromatic rings. The van der Waals surface area contributed by atoms with E-state index in [1.165, 1.54) is 18.2 Å². The average Bonchev–Trinajstić information content (AvgIpc) is 2.87. The van der Waals surface area contributed by atoms with Gasteiger partial charge in [-0.3, -0.25) is 0 Å². The summed E-state index contributed by atoms with van der Waals surface area (Å²) in [4.78, 5) is 24.0. The van der Waals surface area contributed by atoms with E-state index >= 15 is 0 Å². The molecule has 0 spiro atoms. The number of benzene rings is 2. The molecule has 0 aliphatic carbocycles. The molecule has 1 N–H and O–H groups in total. The number of carbonyl (C=O) groups is 2. The Balaban J connectivity index is 1.54. The molecular weight excluding hydrogens is 535 g/mol. The van der Waals surface area contributed by atoms with Crippen molar-refractivity contribution in [3.8, 4) is 0 Å². The Morgan fingerprint density at radius 3 is 1.93 bits per heavy atom. The molecule has 0 heterocycles. The average molecular weight is 572 g/mol. The van der Waals surface area contributed by atoms with Gasteiger partial charge < -0.3 is 33.7 Å². The Hall–Kier alpha value is -3.19. The maximum atomic E-state index is 13.0. The number of alkyl halides is 3. The second-order valence-electron chi connectivity index (χ2n) is 9.36. The molecule has 0 amide bonds. The van der Waals surface area contributed by atoms with Crippen molar-refractivity contribution in [3.05, 3.63) is 59.7 Å². The van der Waals surface area contributed by atoms with Crippen molar-refractivity contribution in [2.75, 3.05) is 64.8 Å². The molecule has 0 radical (unpaired) electrons. The Morgan fingerprint density at radius 1 is 0.750 bits per heavy atom. The summed E-state index contributed by atoms with van der Waals surface area (Å²) in [6, 6.07) is 11.1. The van der Waals surface area contributed by atoms with Crippen LogP contribution in [-0.4, -0.2) is 77.0 Å². The maximum absolute atomic E-state index is 13.0. The predicted octanol–water partition coefficient (Wildman–Crippen LogP) is 5.01. The fourth-order valence-electron chi connectivity index (χ4n) is 3.16. The van der Waals surface area contributed by atoms with Crippen molar-refractivity contribution in [1.29, 1.82) is 0 Å². The summed E-state index contributed by atoms with van der Waals surface area (Å²) in [6.07, 6.45) is -4.48. The first-order valence-electron chi connectivity index (χ1n) is 12.7. The smallest absolute Gasteiger partial charge is 0.416 e. The molecule has 0 aromatic heterocycles. The number of hydrogen-bond donors (Lipinski definition) is 1. The van der Waals surface area contributed by atoms with Crippen molar-refractivity contribution >= 4 is 23.3 Å². The summed E-state index contributed by atoms with van der Waals surface area (Å²) >= 11 is 0. The zero-order valence-electron chi connectivity index (χ0n) is 22.9. The van der Waals surface area contributed by atoms with Gasteiger partial charge in [0, 0.05) is 5.69 Å². The molecule has 0 bridgehead atoms. The molecule has 12 heteroatoms. The largest absolute Gasteiger partial charge is 0.460 e. The maximum Gasteiger partial charge on any atom is 0.416 e. The number of ether oxygens (including phenoxy) is 6. The van der Waals surface area contributed by atoms with E-state index in [9.17, 15) is 22.8 Å². The van der Waals surface area contributed by atoms with E-state index in [1.54, 1.807) is 39.0 Å². The molecular formula is C28H36F3NO8. The standard InChI is InChI=1S/C28H36F3NO8/c1-27(2,3)40-25(33)20-38-16-15-36-12-11-35-13-14-37-17-18-39-26(34)23-9-4-5-10-24(23)32-22-8-6-7-21(19-22)28(29,30)31/h4-10,19,32H,11-18,20H2,1-3H3. The minimum Gasteiger partial charge on any atom is -0.460 e. The van der Waals surface area contributed by atoms with E-state index in [0.29, 0.717) is 32.1 Å². The second-order valence-corrected chi connectivity index (χ2v) is 9.36. The van der Waals surface area contributed by atoms with Gasteiger partial charge in [-0.25, -0.2) is 9.59 Å². The summed E-state index contributed by atoms with van der Waals surface area (Å²) in [6.45, 7) is 7.21. The predicted molar refractivity (Wildman–Crippen MR) is 141 cm³/mol. The summed E-state index contributed by atoms with van der Waals surface area (Å²) in [5, 5.41) is 2.84. The number of rotatable bonds is 17. The van der Waals surface area contributed by atoms with Crippen LogP contribution in [0.2, 0.25) is 0 Å². The van der Waals surface area contributed by atoms with Gasteiger partial charge in [0.15, 0.2) is 0 Å². The number of anilines is 2. The van der Waals surface area contributed by atoms with Crippen LogP contribution in [0.25, 0.3) is 0 Å². The summed E-state index contributed by atoms with van der Waals surface area (Å²) < 4.78 is 70.6. The fourth-order valence-corrected chi connectivity index (χ4v) is 3.16. The van der Waals surface area contributed by atoms with Gasteiger partial charge in [0.2, 0.25) is 0 Å². The lowest BCUT2D eigenvalue weighted by Gasteiger charge is -2.19. The quantitative estimate of drug-likeness (QED) is 0.207. The third-order valence-corrected chi connectivity index (χ3v) is 4.83. The van der Waals surface area contributed by atoms with E-state index in [-0.39, 0.29) is 44.3 Å². The van der Waals surface area contributed by atoms with Crippen LogP contribution < -0.4 is 5.32 Å². The number of hydrogen-bond acceptors (Lipinski definition) is 9. The highest BCUT2D eigenvalue weighted by Gasteiger charge is 2.30. The molecule has 0 saturated heterocycles. The molecule has 0 atom stereocenters. The molecule has 0 aliphatic rings. The number of halogens is 3. The van der Waals surface area contributed by atoms with Crippen LogP contribution >= 0.6 is 0 Å². The van der Waals surface area contributed by atoms with Crippen molar-refractivity contribution in [2.45, 2.75) is 32.5 Å². The Kier molecular flexibility index (Phi) is 13.9. The van der Waals surface area contributed by atoms with Crippen LogP contribution in [-0.2, 0) is 39.4 Å². The lowest BCUT2D eigenvalue weighted by Crippen LogP contribution is -2.27. The number of para-hydroxylation sites is 1. The zero-order valence-corrected chi connectivity index (χ0v) is 22.9. The highest BCUT2D eigenvalue weighted by Crippen LogP contribution is 2.32. The summed E-state index contributed by atoms with van der Waals surface area (Å²) in [7, 11) is 0. The van der Waals surface area contributed by atoms with Gasteiger partial charge in [-0.05, 0) is 51.1 Å². The van der Waals surface area contributed by atoms with Crippen molar-refractivity contribution < 1.29 is 51.2 Å². The van der Waals surface area contributed by atoms with E-state index in [2.05, 4.69) is 5.32 Å². The molecule has 0 aliphatic heterocycles. The topological polar surface area (TPSA) is 102 Å². The molecule has 2 aromatic carbocycles. The zero-order chi connectivity index (χ0) is 29.4. The van der Waals surface area contributed by atoms with Gasteiger partial charge in [0.25, 0.3) is 0 Å². The van der Waals surface area contributed by atoms with Crippen LogP contribution in [0.4, 0.5) is 24.5 Å². The molecule has 2 rings (SSSR count).